The van der Waals surface area contributed by atoms with Crippen LogP contribution in [-0.4, -0.2) is 26.3 Å². The minimum absolute atomic E-state index is 0.0301. The molecular formula is C11H10N6O3. The van der Waals surface area contributed by atoms with Crippen molar-refractivity contribution in [3.8, 4) is 0 Å². The lowest BCUT2D eigenvalue weighted by molar-refractivity contribution is -0.384. The molecule has 0 atom stereocenters. The van der Waals surface area contributed by atoms with E-state index in [1.165, 1.54) is 25.3 Å². The first kappa shape index (κ1) is 13.3. The first-order valence-corrected chi connectivity index (χ1v) is 5.53. The number of non-ortho nitro benzene ring substituents is 1. The molecule has 2 aromatic rings. The number of nitrogens with zero attached hydrogens (tertiary/aromatic N) is 4. The average Bonchev–Trinajstić information content (AvgIpc) is 2.43. The molecule has 0 bridgehead atoms. The first-order chi connectivity index (χ1) is 9.56. The fourth-order valence-corrected chi connectivity index (χ4v) is 1.33. The van der Waals surface area contributed by atoms with Gasteiger partial charge in [0.05, 0.1) is 11.1 Å². The van der Waals surface area contributed by atoms with Crippen molar-refractivity contribution in [3.63, 3.8) is 0 Å². The number of H-pyrrole nitrogens is 1. The second-order valence-electron chi connectivity index (χ2n) is 3.81. The van der Waals surface area contributed by atoms with Crippen LogP contribution in [0.5, 0.6) is 0 Å². The molecule has 0 radical (unpaired) electrons. The molecule has 0 amide bonds. The number of aromatic nitrogens is 3. The third-order valence-electron chi connectivity index (χ3n) is 2.33. The standard InChI is InChI=1S/C11H10N6O3/c1-7-10(18)13-11(16-14-7)15-12-6-8-3-2-4-9(5-8)17(19)20/h2-6H,1H3,(H2,13,15,16,18)/b12-6-. The predicted molar refractivity (Wildman–Crippen MR) is 71.7 cm³/mol. The van der Waals surface area contributed by atoms with Crippen LogP contribution in [0.4, 0.5) is 11.6 Å². The van der Waals surface area contributed by atoms with Crippen LogP contribution < -0.4 is 11.0 Å². The third-order valence-corrected chi connectivity index (χ3v) is 2.33. The van der Waals surface area contributed by atoms with Gasteiger partial charge in [-0.1, -0.05) is 12.1 Å². The minimum Gasteiger partial charge on any atom is -0.288 e. The second-order valence-corrected chi connectivity index (χ2v) is 3.81. The van der Waals surface area contributed by atoms with Crippen LogP contribution in [-0.2, 0) is 0 Å². The Hall–Kier alpha value is -3.10. The highest BCUT2D eigenvalue weighted by Gasteiger charge is 2.04. The van der Waals surface area contributed by atoms with Gasteiger partial charge < -0.3 is 0 Å². The molecule has 1 aromatic carbocycles. The number of nitro benzene ring substituents is 1. The molecule has 0 fully saturated rings. The summed E-state index contributed by atoms with van der Waals surface area (Å²) in [5.41, 5.74) is 2.87. The quantitative estimate of drug-likeness (QED) is 0.483. The van der Waals surface area contributed by atoms with E-state index < -0.39 is 4.92 Å². The maximum atomic E-state index is 11.3. The van der Waals surface area contributed by atoms with Crippen LogP contribution in [0.15, 0.2) is 34.2 Å². The van der Waals surface area contributed by atoms with Crippen LogP contribution in [0, 0.1) is 17.0 Å². The molecule has 0 unspecified atom stereocenters. The average molecular weight is 274 g/mol. The summed E-state index contributed by atoms with van der Waals surface area (Å²) in [6, 6.07) is 5.96. The number of rotatable bonds is 4. The summed E-state index contributed by atoms with van der Waals surface area (Å²) in [4.78, 5) is 23.8. The predicted octanol–water partition coefficient (Wildman–Crippen LogP) is 0.828. The highest BCUT2D eigenvalue weighted by atomic mass is 16.6. The Morgan fingerprint density at radius 2 is 2.25 bits per heavy atom. The Balaban J connectivity index is 2.10. The van der Waals surface area contributed by atoms with E-state index in [4.69, 9.17) is 0 Å². The van der Waals surface area contributed by atoms with Crippen molar-refractivity contribution in [3.05, 3.63) is 56.0 Å². The zero-order chi connectivity index (χ0) is 14.5. The molecule has 0 aliphatic heterocycles. The van der Waals surface area contributed by atoms with Crippen molar-refractivity contribution in [1.82, 2.24) is 15.2 Å². The van der Waals surface area contributed by atoms with Crippen molar-refractivity contribution in [2.45, 2.75) is 6.92 Å². The van der Waals surface area contributed by atoms with Crippen LogP contribution >= 0.6 is 0 Å². The van der Waals surface area contributed by atoms with Crippen molar-refractivity contribution in [2.24, 2.45) is 5.10 Å². The minimum atomic E-state index is -0.492. The Kier molecular flexibility index (Phi) is 3.80. The van der Waals surface area contributed by atoms with E-state index in [-0.39, 0.29) is 22.9 Å². The normalized spacial score (nSPS) is 10.7. The summed E-state index contributed by atoms with van der Waals surface area (Å²) >= 11 is 0. The van der Waals surface area contributed by atoms with Crippen LogP contribution in [0.2, 0.25) is 0 Å². The van der Waals surface area contributed by atoms with Gasteiger partial charge in [-0.3, -0.25) is 19.9 Å². The Bertz CT molecular complexity index is 724. The number of hydrogen-bond acceptors (Lipinski definition) is 7. The molecule has 1 heterocycles. The molecule has 0 spiro atoms. The third kappa shape index (κ3) is 3.22. The molecule has 9 nitrogen and oxygen atoms in total. The van der Waals surface area contributed by atoms with Gasteiger partial charge in [0, 0.05) is 17.7 Å². The van der Waals surface area contributed by atoms with E-state index in [9.17, 15) is 14.9 Å². The monoisotopic (exact) mass is 274 g/mol. The molecule has 0 saturated heterocycles. The van der Waals surface area contributed by atoms with Crippen LogP contribution in [0.25, 0.3) is 0 Å². The van der Waals surface area contributed by atoms with Crippen LogP contribution in [0.3, 0.4) is 0 Å². The second kappa shape index (κ2) is 5.69. The molecule has 2 N–H and O–H groups in total. The van der Waals surface area contributed by atoms with Gasteiger partial charge in [0.25, 0.3) is 11.2 Å². The number of aryl methyl sites for hydroxylation is 1. The van der Waals surface area contributed by atoms with E-state index in [0.29, 0.717) is 5.56 Å². The SMILES string of the molecule is Cc1nnc(N/N=C\c2cccc([N+](=O)[O-])c2)[nH]c1=O. The molecule has 20 heavy (non-hydrogen) atoms. The molecule has 102 valence electrons. The topological polar surface area (TPSA) is 126 Å². The van der Waals surface area contributed by atoms with E-state index in [1.54, 1.807) is 12.1 Å². The zero-order valence-corrected chi connectivity index (χ0v) is 10.4. The number of hydrazone groups is 1. The highest BCUT2D eigenvalue weighted by molar-refractivity contribution is 5.81. The number of anilines is 1. The number of benzene rings is 1. The van der Waals surface area contributed by atoms with Gasteiger partial charge in [-0.05, 0) is 6.92 Å². The molecule has 1 aromatic heterocycles. The maximum absolute atomic E-state index is 11.3. The highest BCUT2D eigenvalue weighted by Crippen LogP contribution is 2.11. The Morgan fingerprint density at radius 1 is 1.45 bits per heavy atom. The molecular weight excluding hydrogens is 264 g/mol. The summed E-state index contributed by atoms with van der Waals surface area (Å²) in [6.45, 7) is 1.53. The number of nitro groups is 1. The van der Waals surface area contributed by atoms with Gasteiger partial charge >= 0.3 is 0 Å². The first-order valence-electron chi connectivity index (χ1n) is 5.53. The van der Waals surface area contributed by atoms with Crippen molar-refractivity contribution in [1.29, 1.82) is 0 Å². The molecule has 0 aliphatic carbocycles. The number of hydrogen-bond donors (Lipinski definition) is 2. The van der Waals surface area contributed by atoms with E-state index in [0.717, 1.165) is 0 Å². The van der Waals surface area contributed by atoms with Crippen molar-refractivity contribution < 1.29 is 4.92 Å². The van der Waals surface area contributed by atoms with Crippen molar-refractivity contribution >= 4 is 17.9 Å². The van der Waals surface area contributed by atoms with E-state index in [2.05, 4.69) is 25.7 Å². The summed E-state index contributed by atoms with van der Waals surface area (Å²) in [5.74, 6) is 0.0854. The smallest absolute Gasteiger partial charge is 0.274 e. The van der Waals surface area contributed by atoms with Gasteiger partial charge in [0.15, 0.2) is 0 Å². The van der Waals surface area contributed by atoms with Gasteiger partial charge in [-0.2, -0.15) is 5.10 Å². The lowest BCUT2D eigenvalue weighted by Crippen LogP contribution is -2.15. The number of aromatic amines is 1. The summed E-state index contributed by atoms with van der Waals surface area (Å²) < 4.78 is 0. The lowest BCUT2D eigenvalue weighted by Gasteiger charge is -1.98. The van der Waals surface area contributed by atoms with Crippen LogP contribution in [0.1, 0.15) is 11.3 Å². The zero-order valence-electron chi connectivity index (χ0n) is 10.4. The summed E-state index contributed by atoms with van der Waals surface area (Å²) in [6.07, 6.45) is 1.37. The fourth-order valence-electron chi connectivity index (χ4n) is 1.33. The van der Waals surface area contributed by atoms with Gasteiger partial charge in [0.1, 0.15) is 5.69 Å². The summed E-state index contributed by atoms with van der Waals surface area (Å²) in [5, 5.41) is 21.7. The van der Waals surface area contributed by atoms with E-state index in [1.807, 2.05) is 0 Å². The molecule has 0 saturated carbocycles. The summed E-state index contributed by atoms with van der Waals surface area (Å²) in [7, 11) is 0. The molecule has 2 rings (SSSR count). The van der Waals surface area contributed by atoms with Gasteiger partial charge in [-0.25, -0.2) is 5.43 Å². The van der Waals surface area contributed by atoms with Gasteiger partial charge in [0.2, 0.25) is 5.95 Å². The number of nitrogens with one attached hydrogen (secondary N) is 2. The molecule has 9 heteroatoms. The Morgan fingerprint density at radius 3 is 2.95 bits per heavy atom. The maximum Gasteiger partial charge on any atom is 0.274 e. The lowest BCUT2D eigenvalue weighted by atomic mass is 10.2. The fraction of sp³-hybridized carbons (Fsp3) is 0.0909. The Labute approximate surface area is 112 Å². The van der Waals surface area contributed by atoms with Gasteiger partial charge in [-0.15, -0.1) is 10.2 Å². The van der Waals surface area contributed by atoms with E-state index >= 15 is 0 Å². The largest absolute Gasteiger partial charge is 0.288 e. The molecule has 0 aliphatic rings. The van der Waals surface area contributed by atoms with Crippen molar-refractivity contribution in [2.75, 3.05) is 5.43 Å².